The second-order valence-electron chi connectivity index (χ2n) is 6.30. The minimum absolute atomic E-state index is 0.254. The Bertz CT molecular complexity index is 701. The highest BCUT2D eigenvalue weighted by molar-refractivity contribution is 7.86. The summed E-state index contributed by atoms with van der Waals surface area (Å²) in [6.07, 6.45) is 1.57. The molecule has 0 saturated carbocycles. The fraction of sp³-hybridized carbons (Fsp3) is 0.562. The fourth-order valence-corrected chi connectivity index (χ4v) is 4.97. The van der Waals surface area contributed by atoms with E-state index in [0.717, 1.165) is 18.4 Å². The first kappa shape index (κ1) is 17.3. The fourth-order valence-electron chi connectivity index (χ4n) is 3.30. The van der Waals surface area contributed by atoms with Crippen LogP contribution in [0.3, 0.4) is 0 Å². The van der Waals surface area contributed by atoms with E-state index in [1.807, 2.05) is 12.1 Å². The van der Waals surface area contributed by atoms with Crippen molar-refractivity contribution in [1.82, 2.24) is 8.61 Å². The van der Waals surface area contributed by atoms with Crippen molar-refractivity contribution in [2.75, 3.05) is 39.4 Å². The number of nitrogens with two attached hydrogens (primary N) is 1. The van der Waals surface area contributed by atoms with Gasteiger partial charge in [0.15, 0.2) is 0 Å². The molecule has 0 spiro atoms. The summed E-state index contributed by atoms with van der Waals surface area (Å²) < 4.78 is 33.6. The number of amides is 1. The molecule has 3 rings (SSSR count). The van der Waals surface area contributed by atoms with Gasteiger partial charge in [0.2, 0.25) is 5.91 Å². The molecule has 0 radical (unpaired) electrons. The van der Waals surface area contributed by atoms with E-state index in [-0.39, 0.29) is 5.92 Å². The number of primary amides is 1. The predicted octanol–water partition coefficient (Wildman–Crippen LogP) is 0.227. The van der Waals surface area contributed by atoms with E-state index in [1.54, 1.807) is 16.4 Å². The van der Waals surface area contributed by atoms with Gasteiger partial charge in [-0.15, -0.1) is 0 Å². The van der Waals surface area contributed by atoms with Gasteiger partial charge in [-0.1, -0.05) is 12.1 Å². The van der Waals surface area contributed by atoms with Gasteiger partial charge in [0, 0.05) is 31.7 Å². The van der Waals surface area contributed by atoms with Gasteiger partial charge in [-0.25, -0.2) is 0 Å². The van der Waals surface area contributed by atoms with Gasteiger partial charge < -0.3 is 10.5 Å². The molecular formula is C16H23N3O4S. The minimum Gasteiger partial charge on any atom is -0.379 e. The van der Waals surface area contributed by atoms with Gasteiger partial charge in [0.25, 0.3) is 10.2 Å². The standard InChI is InChI=1S/C16H23N3O4S/c17-16(20)15-3-1-2-13(11-15)10-14-4-5-19(12-14)24(21,22)18-6-8-23-9-7-18/h1-3,11,14H,4-10,12H2,(H2,17,20)/t14-/m1/s1. The van der Waals surface area contributed by atoms with Crippen LogP contribution in [0, 0.1) is 5.92 Å². The van der Waals surface area contributed by atoms with E-state index in [0.29, 0.717) is 45.0 Å². The van der Waals surface area contributed by atoms with Gasteiger partial charge in [0.1, 0.15) is 0 Å². The first-order valence-electron chi connectivity index (χ1n) is 8.18. The SMILES string of the molecule is NC(=O)c1cccc(C[C@H]2CCN(S(=O)(=O)N3CCOCC3)C2)c1. The molecule has 7 nitrogen and oxygen atoms in total. The van der Waals surface area contributed by atoms with Crippen LogP contribution < -0.4 is 5.73 Å². The maximum atomic E-state index is 12.7. The first-order valence-corrected chi connectivity index (χ1v) is 9.58. The molecule has 0 aliphatic carbocycles. The molecule has 2 aliphatic heterocycles. The van der Waals surface area contributed by atoms with Crippen LogP contribution in [0.2, 0.25) is 0 Å². The summed E-state index contributed by atoms with van der Waals surface area (Å²) in [4.78, 5) is 11.3. The van der Waals surface area contributed by atoms with Crippen molar-refractivity contribution >= 4 is 16.1 Å². The molecule has 24 heavy (non-hydrogen) atoms. The topological polar surface area (TPSA) is 92.9 Å². The summed E-state index contributed by atoms with van der Waals surface area (Å²) in [5, 5.41) is 0. The number of rotatable bonds is 5. The van der Waals surface area contributed by atoms with Crippen molar-refractivity contribution in [3.63, 3.8) is 0 Å². The van der Waals surface area contributed by atoms with Crippen molar-refractivity contribution in [3.8, 4) is 0 Å². The summed E-state index contributed by atoms with van der Waals surface area (Å²) >= 11 is 0. The second kappa shape index (κ2) is 7.18. The molecule has 1 aromatic rings. The number of nitrogens with zero attached hydrogens (tertiary/aromatic N) is 2. The Labute approximate surface area is 142 Å². The summed E-state index contributed by atoms with van der Waals surface area (Å²) in [7, 11) is -3.40. The smallest absolute Gasteiger partial charge is 0.282 e. The lowest BCUT2D eigenvalue weighted by molar-refractivity contribution is 0.0705. The third kappa shape index (κ3) is 3.77. The molecule has 2 N–H and O–H groups in total. The van der Waals surface area contributed by atoms with Gasteiger partial charge in [-0.2, -0.15) is 17.0 Å². The van der Waals surface area contributed by atoms with Crippen LogP contribution in [0.4, 0.5) is 0 Å². The Kier molecular flexibility index (Phi) is 5.19. The average Bonchev–Trinajstić information content (AvgIpc) is 3.05. The zero-order valence-corrected chi connectivity index (χ0v) is 14.4. The lowest BCUT2D eigenvalue weighted by Gasteiger charge is -2.30. The number of ether oxygens (including phenoxy) is 1. The van der Waals surface area contributed by atoms with Crippen molar-refractivity contribution in [2.45, 2.75) is 12.8 Å². The third-order valence-corrected chi connectivity index (χ3v) is 6.61. The summed E-state index contributed by atoms with van der Waals surface area (Å²) in [5.41, 5.74) is 6.82. The van der Waals surface area contributed by atoms with E-state index in [9.17, 15) is 13.2 Å². The van der Waals surface area contributed by atoms with Crippen LogP contribution in [0.5, 0.6) is 0 Å². The molecular weight excluding hydrogens is 330 g/mol. The van der Waals surface area contributed by atoms with Crippen molar-refractivity contribution in [3.05, 3.63) is 35.4 Å². The van der Waals surface area contributed by atoms with Crippen LogP contribution >= 0.6 is 0 Å². The molecule has 0 unspecified atom stereocenters. The highest BCUT2D eigenvalue weighted by Crippen LogP contribution is 2.25. The molecule has 132 valence electrons. The maximum absolute atomic E-state index is 12.7. The quantitative estimate of drug-likeness (QED) is 0.820. The number of morpholine rings is 1. The molecule has 1 amide bonds. The summed E-state index contributed by atoms with van der Waals surface area (Å²) in [6, 6.07) is 7.25. The van der Waals surface area contributed by atoms with E-state index in [1.165, 1.54) is 4.31 Å². The zero-order valence-electron chi connectivity index (χ0n) is 13.6. The minimum atomic E-state index is -3.40. The molecule has 1 aromatic carbocycles. The third-order valence-electron chi connectivity index (χ3n) is 4.61. The molecule has 8 heteroatoms. The van der Waals surface area contributed by atoms with Crippen LogP contribution in [0.25, 0.3) is 0 Å². The molecule has 2 saturated heterocycles. The Balaban J connectivity index is 1.63. The normalized spacial score (nSPS) is 23.4. The van der Waals surface area contributed by atoms with Crippen LogP contribution in [-0.2, 0) is 21.4 Å². The van der Waals surface area contributed by atoms with Gasteiger partial charge in [-0.05, 0) is 36.5 Å². The van der Waals surface area contributed by atoms with Crippen LogP contribution in [0.1, 0.15) is 22.3 Å². The first-order chi connectivity index (χ1) is 11.5. The molecule has 2 heterocycles. The van der Waals surface area contributed by atoms with Gasteiger partial charge in [-0.3, -0.25) is 4.79 Å². The number of benzene rings is 1. The molecule has 2 aliphatic rings. The lowest BCUT2D eigenvalue weighted by atomic mass is 9.97. The van der Waals surface area contributed by atoms with Crippen molar-refractivity contribution in [2.24, 2.45) is 11.7 Å². The van der Waals surface area contributed by atoms with Crippen molar-refractivity contribution < 1.29 is 17.9 Å². The Morgan fingerprint density at radius 3 is 2.67 bits per heavy atom. The zero-order chi connectivity index (χ0) is 17.2. The van der Waals surface area contributed by atoms with Gasteiger partial charge in [0.05, 0.1) is 13.2 Å². The molecule has 1 atom stereocenters. The Morgan fingerprint density at radius 1 is 1.21 bits per heavy atom. The second-order valence-corrected chi connectivity index (χ2v) is 8.23. The lowest BCUT2D eigenvalue weighted by Crippen LogP contribution is -2.47. The number of carbonyl (C=O) groups is 1. The monoisotopic (exact) mass is 353 g/mol. The van der Waals surface area contributed by atoms with E-state index in [4.69, 9.17) is 10.5 Å². The molecule has 0 aromatic heterocycles. The van der Waals surface area contributed by atoms with E-state index in [2.05, 4.69) is 0 Å². The van der Waals surface area contributed by atoms with Crippen LogP contribution in [-0.4, -0.2) is 62.3 Å². The Morgan fingerprint density at radius 2 is 1.96 bits per heavy atom. The van der Waals surface area contributed by atoms with Crippen molar-refractivity contribution in [1.29, 1.82) is 0 Å². The number of hydrogen-bond donors (Lipinski definition) is 1. The summed E-state index contributed by atoms with van der Waals surface area (Å²) in [6.45, 7) is 2.81. The largest absolute Gasteiger partial charge is 0.379 e. The van der Waals surface area contributed by atoms with Gasteiger partial charge >= 0.3 is 0 Å². The highest BCUT2D eigenvalue weighted by atomic mass is 32.2. The Hall–Kier alpha value is -1.48. The number of carbonyl (C=O) groups excluding carboxylic acids is 1. The van der Waals surface area contributed by atoms with E-state index >= 15 is 0 Å². The van der Waals surface area contributed by atoms with E-state index < -0.39 is 16.1 Å². The highest BCUT2D eigenvalue weighted by Gasteiger charge is 2.36. The summed E-state index contributed by atoms with van der Waals surface area (Å²) in [5.74, 6) is -0.191. The predicted molar refractivity (Wildman–Crippen MR) is 89.7 cm³/mol. The molecule has 2 fully saturated rings. The maximum Gasteiger partial charge on any atom is 0.282 e. The molecule has 0 bridgehead atoms. The average molecular weight is 353 g/mol. The number of hydrogen-bond acceptors (Lipinski definition) is 4. The van der Waals surface area contributed by atoms with Crippen LogP contribution in [0.15, 0.2) is 24.3 Å².